The van der Waals surface area contributed by atoms with Gasteiger partial charge in [0.15, 0.2) is 0 Å². The van der Waals surface area contributed by atoms with Gasteiger partial charge in [0.05, 0.1) is 11.3 Å². The first-order valence-corrected chi connectivity index (χ1v) is 6.18. The lowest BCUT2D eigenvalue weighted by Crippen LogP contribution is -2.13. The first-order valence-electron chi connectivity index (χ1n) is 5.39. The number of anilines is 3. The molecule has 0 saturated carbocycles. The molecular weight excluding hydrogens is 313 g/mol. The number of hydrogen-bond acceptors (Lipinski definition) is 3. The molecule has 0 saturated heterocycles. The first kappa shape index (κ1) is 13.4. The van der Waals surface area contributed by atoms with Crippen LogP contribution in [-0.4, -0.2) is 5.91 Å². The van der Waals surface area contributed by atoms with Crippen LogP contribution in [0.5, 0.6) is 0 Å². The van der Waals surface area contributed by atoms with E-state index in [-0.39, 0.29) is 11.4 Å². The van der Waals surface area contributed by atoms with Crippen LogP contribution in [0.2, 0.25) is 0 Å². The quantitative estimate of drug-likeness (QED) is 0.759. The lowest BCUT2D eigenvalue weighted by Gasteiger charge is -2.10. The zero-order valence-electron chi connectivity index (χ0n) is 9.78. The van der Waals surface area contributed by atoms with Gasteiger partial charge in [-0.25, -0.2) is 4.39 Å². The monoisotopic (exact) mass is 323 g/mol. The number of nitrogens with one attached hydrogen (secondary N) is 1. The van der Waals surface area contributed by atoms with Crippen molar-refractivity contribution in [1.82, 2.24) is 0 Å². The standard InChI is InChI=1S/C13H11BrFN3O/c14-10-5-7(15)1-4-12(10)18-8-2-3-11(16)9(6-8)13(17)19/h1-6,18H,16H2,(H2,17,19). The molecule has 98 valence electrons. The molecule has 0 aliphatic heterocycles. The van der Waals surface area contributed by atoms with Crippen molar-refractivity contribution in [2.24, 2.45) is 5.73 Å². The number of primary amides is 1. The van der Waals surface area contributed by atoms with Crippen LogP contribution in [0.15, 0.2) is 40.9 Å². The zero-order chi connectivity index (χ0) is 14.0. The van der Waals surface area contributed by atoms with Gasteiger partial charge in [0.1, 0.15) is 5.82 Å². The Morgan fingerprint density at radius 1 is 1.21 bits per heavy atom. The van der Waals surface area contributed by atoms with E-state index in [1.807, 2.05) is 0 Å². The molecule has 0 unspecified atom stereocenters. The minimum Gasteiger partial charge on any atom is -0.398 e. The summed E-state index contributed by atoms with van der Waals surface area (Å²) in [5.41, 5.74) is 12.7. The number of carbonyl (C=O) groups excluding carboxylic acids is 1. The second-order valence-electron chi connectivity index (χ2n) is 3.92. The first-order chi connectivity index (χ1) is 8.97. The molecule has 2 aromatic rings. The molecule has 6 heteroatoms. The normalized spacial score (nSPS) is 10.2. The third-order valence-electron chi connectivity index (χ3n) is 2.53. The summed E-state index contributed by atoms with van der Waals surface area (Å²) in [6.07, 6.45) is 0. The second-order valence-corrected chi connectivity index (χ2v) is 4.77. The highest BCUT2D eigenvalue weighted by Crippen LogP contribution is 2.27. The van der Waals surface area contributed by atoms with Crippen molar-refractivity contribution in [3.05, 3.63) is 52.3 Å². The van der Waals surface area contributed by atoms with E-state index in [1.54, 1.807) is 24.3 Å². The fraction of sp³-hybridized carbons (Fsp3) is 0. The average molecular weight is 324 g/mol. The van der Waals surface area contributed by atoms with Gasteiger partial charge in [-0.1, -0.05) is 0 Å². The van der Waals surface area contributed by atoms with Gasteiger partial charge in [0.2, 0.25) is 0 Å². The number of hydrogen-bond donors (Lipinski definition) is 3. The predicted octanol–water partition coefficient (Wildman–Crippen LogP) is 3.01. The molecule has 0 heterocycles. The largest absolute Gasteiger partial charge is 0.398 e. The second kappa shape index (κ2) is 5.27. The van der Waals surface area contributed by atoms with Crippen LogP contribution in [0.3, 0.4) is 0 Å². The van der Waals surface area contributed by atoms with Gasteiger partial charge in [-0.2, -0.15) is 0 Å². The van der Waals surface area contributed by atoms with Crippen molar-refractivity contribution in [3.63, 3.8) is 0 Å². The highest BCUT2D eigenvalue weighted by atomic mass is 79.9. The van der Waals surface area contributed by atoms with Crippen LogP contribution in [0.1, 0.15) is 10.4 Å². The molecule has 0 bridgehead atoms. The molecule has 2 rings (SSSR count). The average Bonchev–Trinajstić information content (AvgIpc) is 2.34. The van der Waals surface area contributed by atoms with Crippen LogP contribution in [0.4, 0.5) is 21.5 Å². The number of amides is 1. The van der Waals surface area contributed by atoms with E-state index in [1.165, 1.54) is 12.1 Å². The highest BCUT2D eigenvalue weighted by Gasteiger charge is 2.08. The molecule has 0 fully saturated rings. The van der Waals surface area contributed by atoms with Gasteiger partial charge in [0.25, 0.3) is 5.91 Å². The topological polar surface area (TPSA) is 81.1 Å². The van der Waals surface area contributed by atoms with Crippen molar-refractivity contribution < 1.29 is 9.18 Å². The Balaban J connectivity index is 2.33. The number of benzene rings is 2. The van der Waals surface area contributed by atoms with Gasteiger partial charge < -0.3 is 16.8 Å². The molecule has 2 aromatic carbocycles. The van der Waals surface area contributed by atoms with Crippen molar-refractivity contribution in [3.8, 4) is 0 Å². The van der Waals surface area contributed by atoms with E-state index in [0.717, 1.165) is 0 Å². The molecule has 0 spiro atoms. The fourth-order valence-electron chi connectivity index (χ4n) is 1.59. The Hall–Kier alpha value is -2.08. The smallest absolute Gasteiger partial charge is 0.250 e. The molecule has 0 aliphatic carbocycles. The number of nitrogen functional groups attached to an aromatic ring is 1. The Morgan fingerprint density at radius 2 is 1.95 bits per heavy atom. The molecule has 0 aromatic heterocycles. The SMILES string of the molecule is NC(=O)c1cc(Nc2ccc(F)cc2Br)ccc1N. The maximum atomic E-state index is 13.0. The Labute approximate surface area is 117 Å². The van der Waals surface area contributed by atoms with E-state index in [2.05, 4.69) is 21.2 Å². The summed E-state index contributed by atoms with van der Waals surface area (Å²) < 4.78 is 13.5. The third kappa shape index (κ3) is 3.03. The Morgan fingerprint density at radius 3 is 2.58 bits per heavy atom. The summed E-state index contributed by atoms with van der Waals surface area (Å²) in [5.74, 6) is -0.938. The summed E-state index contributed by atoms with van der Waals surface area (Å²) >= 11 is 3.25. The molecular formula is C13H11BrFN3O. The van der Waals surface area contributed by atoms with Gasteiger partial charge in [-0.15, -0.1) is 0 Å². The summed E-state index contributed by atoms with van der Waals surface area (Å²) in [6.45, 7) is 0. The van der Waals surface area contributed by atoms with Gasteiger partial charge in [-0.3, -0.25) is 4.79 Å². The van der Waals surface area contributed by atoms with E-state index < -0.39 is 5.91 Å². The molecule has 19 heavy (non-hydrogen) atoms. The van der Waals surface area contributed by atoms with Crippen LogP contribution in [0.25, 0.3) is 0 Å². The van der Waals surface area contributed by atoms with Crippen LogP contribution in [0, 0.1) is 5.82 Å². The summed E-state index contributed by atoms with van der Waals surface area (Å²) in [6, 6.07) is 9.10. The van der Waals surface area contributed by atoms with Crippen molar-refractivity contribution in [2.45, 2.75) is 0 Å². The zero-order valence-corrected chi connectivity index (χ0v) is 11.4. The molecule has 5 N–H and O–H groups in total. The molecule has 4 nitrogen and oxygen atoms in total. The third-order valence-corrected chi connectivity index (χ3v) is 3.18. The van der Waals surface area contributed by atoms with E-state index in [0.29, 0.717) is 21.5 Å². The van der Waals surface area contributed by atoms with Crippen molar-refractivity contribution >= 4 is 38.9 Å². The highest BCUT2D eigenvalue weighted by molar-refractivity contribution is 9.10. The van der Waals surface area contributed by atoms with Gasteiger partial charge >= 0.3 is 0 Å². The fourth-order valence-corrected chi connectivity index (χ4v) is 2.04. The lowest BCUT2D eigenvalue weighted by atomic mass is 10.1. The lowest BCUT2D eigenvalue weighted by molar-refractivity contribution is 0.100. The Kier molecular flexibility index (Phi) is 3.71. The van der Waals surface area contributed by atoms with Gasteiger partial charge in [0, 0.05) is 15.8 Å². The molecule has 0 radical (unpaired) electrons. The predicted molar refractivity (Wildman–Crippen MR) is 76.8 cm³/mol. The maximum Gasteiger partial charge on any atom is 0.250 e. The van der Waals surface area contributed by atoms with Crippen LogP contribution in [-0.2, 0) is 0 Å². The molecule has 0 aliphatic rings. The molecule has 0 atom stereocenters. The summed E-state index contributed by atoms with van der Waals surface area (Å²) in [5, 5.41) is 3.05. The number of rotatable bonds is 3. The number of carbonyl (C=O) groups is 1. The summed E-state index contributed by atoms with van der Waals surface area (Å²) in [7, 11) is 0. The van der Waals surface area contributed by atoms with Gasteiger partial charge in [-0.05, 0) is 52.3 Å². The molecule has 1 amide bonds. The van der Waals surface area contributed by atoms with Crippen LogP contribution >= 0.6 is 15.9 Å². The van der Waals surface area contributed by atoms with E-state index in [4.69, 9.17) is 11.5 Å². The number of nitrogens with two attached hydrogens (primary N) is 2. The maximum absolute atomic E-state index is 13.0. The Bertz CT molecular complexity index is 646. The summed E-state index contributed by atoms with van der Waals surface area (Å²) in [4.78, 5) is 11.2. The van der Waals surface area contributed by atoms with Crippen molar-refractivity contribution in [2.75, 3.05) is 11.1 Å². The number of halogens is 2. The van der Waals surface area contributed by atoms with E-state index in [9.17, 15) is 9.18 Å². The van der Waals surface area contributed by atoms with E-state index >= 15 is 0 Å². The minimum absolute atomic E-state index is 0.239. The van der Waals surface area contributed by atoms with Crippen LogP contribution < -0.4 is 16.8 Å². The van der Waals surface area contributed by atoms with Crippen molar-refractivity contribution in [1.29, 1.82) is 0 Å². The minimum atomic E-state index is -0.598.